The minimum absolute atomic E-state index is 0.0104. The molecule has 102 valence electrons. The summed E-state index contributed by atoms with van der Waals surface area (Å²) >= 11 is 0. The molecule has 0 aliphatic carbocycles. The van der Waals surface area contributed by atoms with Crippen LogP contribution in [0.4, 0.5) is 0 Å². The first kappa shape index (κ1) is 12.0. The van der Waals surface area contributed by atoms with Crippen LogP contribution in [-0.2, 0) is 0 Å². The average molecular weight is 274 g/mol. The van der Waals surface area contributed by atoms with Crippen molar-refractivity contribution in [1.29, 1.82) is 0 Å². The highest BCUT2D eigenvalue weighted by Gasteiger charge is 2.19. The normalized spacial score (nSPS) is 11.0. The van der Waals surface area contributed by atoms with Crippen LogP contribution >= 0.6 is 0 Å². The second-order valence-electron chi connectivity index (χ2n) is 4.32. The van der Waals surface area contributed by atoms with E-state index in [0.29, 0.717) is 5.56 Å². The molecular formula is C14H10O6. The number of phenols is 4. The highest BCUT2D eigenvalue weighted by Crippen LogP contribution is 2.45. The molecule has 0 atom stereocenters. The number of benzene rings is 2. The second-order valence-corrected chi connectivity index (χ2v) is 4.32. The Bertz CT molecular complexity index is 818. The molecule has 6 nitrogen and oxygen atoms in total. The van der Waals surface area contributed by atoms with E-state index in [1.807, 2.05) is 0 Å². The van der Waals surface area contributed by atoms with E-state index in [1.54, 1.807) is 0 Å². The van der Waals surface area contributed by atoms with Crippen LogP contribution in [0.5, 0.6) is 28.7 Å². The van der Waals surface area contributed by atoms with E-state index in [9.17, 15) is 25.5 Å². The fourth-order valence-corrected chi connectivity index (χ4v) is 2.04. The van der Waals surface area contributed by atoms with Crippen LogP contribution in [-0.4, -0.2) is 25.5 Å². The number of fused-ring (bicyclic) bond motifs is 1. The molecule has 6 heteroatoms. The molecule has 0 saturated heterocycles. The highest BCUT2D eigenvalue weighted by atomic mass is 16.4. The van der Waals surface area contributed by atoms with Crippen molar-refractivity contribution in [3.05, 3.63) is 30.3 Å². The van der Waals surface area contributed by atoms with Gasteiger partial charge in [-0.1, -0.05) is 0 Å². The van der Waals surface area contributed by atoms with Gasteiger partial charge < -0.3 is 29.9 Å². The quantitative estimate of drug-likeness (QED) is 0.436. The summed E-state index contributed by atoms with van der Waals surface area (Å²) in [6.07, 6.45) is 0. The van der Waals surface area contributed by atoms with Gasteiger partial charge in [0, 0.05) is 17.7 Å². The first-order valence-electron chi connectivity index (χ1n) is 5.67. The molecule has 20 heavy (non-hydrogen) atoms. The van der Waals surface area contributed by atoms with Gasteiger partial charge in [0.25, 0.3) is 0 Å². The Morgan fingerprint density at radius 1 is 0.750 bits per heavy atom. The molecule has 0 bridgehead atoms. The summed E-state index contributed by atoms with van der Waals surface area (Å²) in [6.45, 7) is 0. The second kappa shape index (κ2) is 3.99. The maximum atomic E-state index is 10.1. The number of aromatic hydroxyl groups is 5. The van der Waals surface area contributed by atoms with Crippen molar-refractivity contribution in [1.82, 2.24) is 0 Å². The van der Waals surface area contributed by atoms with Gasteiger partial charge in [-0.05, 0) is 18.2 Å². The monoisotopic (exact) mass is 274 g/mol. The number of hydrogen-bond acceptors (Lipinski definition) is 6. The summed E-state index contributed by atoms with van der Waals surface area (Å²) in [6, 6.07) is 6.22. The zero-order chi connectivity index (χ0) is 14.4. The summed E-state index contributed by atoms with van der Waals surface area (Å²) in [5, 5.41) is 48.0. The van der Waals surface area contributed by atoms with Gasteiger partial charge in [0.1, 0.15) is 22.5 Å². The van der Waals surface area contributed by atoms with Crippen LogP contribution in [0.2, 0.25) is 0 Å². The van der Waals surface area contributed by atoms with E-state index in [2.05, 4.69) is 0 Å². The predicted octanol–water partition coefficient (Wildman–Crippen LogP) is 2.63. The van der Waals surface area contributed by atoms with E-state index in [1.165, 1.54) is 24.3 Å². The van der Waals surface area contributed by atoms with Crippen molar-refractivity contribution in [2.24, 2.45) is 0 Å². The molecule has 0 aliphatic heterocycles. The highest BCUT2D eigenvalue weighted by molar-refractivity contribution is 5.96. The molecule has 0 fully saturated rings. The molecule has 0 unspecified atom stereocenters. The molecule has 0 aliphatic rings. The Labute approximate surface area is 112 Å². The molecular weight excluding hydrogens is 264 g/mol. The van der Waals surface area contributed by atoms with Crippen molar-refractivity contribution >= 4 is 11.0 Å². The minimum Gasteiger partial charge on any atom is -0.508 e. The van der Waals surface area contributed by atoms with Gasteiger partial charge >= 0.3 is 0 Å². The maximum Gasteiger partial charge on any atom is 0.177 e. The third-order valence-corrected chi connectivity index (χ3v) is 2.97. The van der Waals surface area contributed by atoms with E-state index in [4.69, 9.17) is 4.42 Å². The third-order valence-electron chi connectivity index (χ3n) is 2.97. The van der Waals surface area contributed by atoms with Crippen molar-refractivity contribution in [2.75, 3.05) is 0 Å². The van der Waals surface area contributed by atoms with E-state index in [0.717, 1.165) is 6.07 Å². The van der Waals surface area contributed by atoms with Gasteiger partial charge in [-0.3, -0.25) is 0 Å². The van der Waals surface area contributed by atoms with Crippen LogP contribution in [0.15, 0.2) is 34.7 Å². The summed E-state index contributed by atoms with van der Waals surface area (Å²) in [5.74, 6) is -1.50. The summed E-state index contributed by atoms with van der Waals surface area (Å²) in [4.78, 5) is 0. The lowest BCUT2D eigenvalue weighted by Crippen LogP contribution is -1.75. The summed E-state index contributed by atoms with van der Waals surface area (Å²) in [7, 11) is 0. The van der Waals surface area contributed by atoms with Crippen molar-refractivity contribution in [3.63, 3.8) is 0 Å². The van der Waals surface area contributed by atoms with E-state index in [-0.39, 0.29) is 45.5 Å². The first-order chi connectivity index (χ1) is 9.47. The third kappa shape index (κ3) is 1.66. The van der Waals surface area contributed by atoms with E-state index >= 15 is 0 Å². The van der Waals surface area contributed by atoms with Gasteiger partial charge in [-0.25, -0.2) is 0 Å². The summed E-state index contributed by atoms with van der Waals surface area (Å²) < 4.78 is 5.38. The number of hydrogen-bond donors (Lipinski definition) is 5. The topological polar surface area (TPSA) is 114 Å². The molecule has 1 heterocycles. The molecule has 1 aromatic heterocycles. The van der Waals surface area contributed by atoms with E-state index < -0.39 is 0 Å². The lowest BCUT2D eigenvalue weighted by atomic mass is 10.1. The zero-order valence-corrected chi connectivity index (χ0v) is 10.0. The molecule has 3 rings (SSSR count). The fourth-order valence-electron chi connectivity index (χ4n) is 2.04. The van der Waals surface area contributed by atoms with Gasteiger partial charge in [0.15, 0.2) is 23.0 Å². The number of phenolic OH excluding ortho intramolecular Hbond substituents is 4. The Morgan fingerprint density at radius 2 is 1.50 bits per heavy atom. The van der Waals surface area contributed by atoms with Crippen LogP contribution in [0, 0.1) is 0 Å². The predicted molar refractivity (Wildman–Crippen MR) is 70.0 cm³/mol. The minimum atomic E-state index is -0.366. The largest absolute Gasteiger partial charge is 0.508 e. The molecule has 3 aromatic rings. The molecule has 0 amide bonds. The van der Waals surface area contributed by atoms with Crippen molar-refractivity contribution in [3.8, 4) is 40.1 Å². The number of furan rings is 1. The van der Waals surface area contributed by atoms with Gasteiger partial charge in [0.2, 0.25) is 0 Å². The maximum absolute atomic E-state index is 10.1. The van der Waals surface area contributed by atoms with Crippen LogP contribution in [0.25, 0.3) is 22.3 Å². The van der Waals surface area contributed by atoms with Crippen LogP contribution in [0.3, 0.4) is 0 Å². The Hall–Kier alpha value is -3.02. The first-order valence-corrected chi connectivity index (χ1v) is 5.67. The SMILES string of the molecule is Oc1cc(O)c2c(O)c(-c3ccc(O)c(O)c3)oc2c1. The number of rotatable bonds is 1. The lowest BCUT2D eigenvalue weighted by molar-refractivity contribution is 0.403. The fraction of sp³-hybridized carbons (Fsp3) is 0. The standard InChI is InChI=1S/C14H10O6/c15-7-4-10(18)12-11(5-7)20-14(13(12)19)6-1-2-8(16)9(17)3-6/h1-5,15-19H. The molecule has 0 spiro atoms. The Balaban J connectivity index is 2.29. The Morgan fingerprint density at radius 3 is 2.20 bits per heavy atom. The lowest BCUT2D eigenvalue weighted by Gasteiger charge is -2.01. The van der Waals surface area contributed by atoms with Crippen LogP contribution in [0.1, 0.15) is 0 Å². The van der Waals surface area contributed by atoms with Gasteiger partial charge in [-0.2, -0.15) is 0 Å². The van der Waals surface area contributed by atoms with Gasteiger partial charge in [-0.15, -0.1) is 0 Å². The van der Waals surface area contributed by atoms with Crippen LogP contribution < -0.4 is 0 Å². The molecule has 5 N–H and O–H groups in total. The summed E-state index contributed by atoms with van der Waals surface area (Å²) in [5.41, 5.74) is 0.412. The van der Waals surface area contributed by atoms with Crippen molar-refractivity contribution in [2.45, 2.75) is 0 Å². The smallest absolute Gasteiger partial charge is 0.177 e. The molecule has 2 aromatic carbocycles. The molecule has 0 radical (unpaired) electrons. The van der Waals surface area contributed by atoms with Crippen molar-refractivity contribution < 1.29 is 29.9 Å². The zero-order valence-electron chi connectivity index (χ0n) is 10.0. The van der Waals surface area contributed by atoms with Gasteiger partial charge in [0.05, 0.1) is 0 Å². The average Bonchev–Trinajstić information content (AvgIpc) is 2.70. The Kier molecular flexibility index (Phi) is 2.40. The molecule has 0 saturated carbocycles.